The Morgan fingerprint density at radius 1 is 1.53 bits per heavy atom. The zero-order valence-corrected chi connectivity index (χ0v) is 10.5. The van der Waals surface area contributed by atoms with Gasteiger partial charge in [-0.25, -0.2) is 0 Å². The first-order valence-electron chi connectivity index (χ1n) is 6.17. The zero-order valence-electron chi connectivity index (χ0n) is 10.5. The van der Waals surface area contributed by atoms with Crippen LogP contribution in [0.2, 0.25) is 0 Å². The van der Waals surface area contributed by atoms with Crippen molar-refractivity contribution in [3.8, 4) is 0 Å². The lowest BCUT2D eigenvalue weighted by Crippen LogP contribution is -2.40. The predicted molar refractivity (Wildman–Crippen MR) is 65.5 cm³/mol. The van der Waals surface area contributed by atoms with E-state index in [1.54, 1.807) is 0 Å². The van der Waals surface area contributed by atoms with Crippen LogP contribution in [0.3, 0.4) is 0 Å². The Bertz CT molecular complexity index is 374. The van der Waals surface area contributed by atoms with Crippen molar-refractivity contribution >= 4 is 5.91 Å². The third kappa shape index (κ3) is 2.85. The number of hydrogen-bond acceptors (Lipinski definition) is 3. The van der Waals surface area contributed by atoms with Gasteiger partial charge >= 0.3 is 0 Å². The molecule has 1 atom stereocenters. The third-order valence-corrected chi connectivity index (χ3v) is 3.39. The number of aryl methyl sites for hydroxylation is 2. The molecule has 0 aromatic carbocycles. The van der Waals surface area contributed by atoms with E-state index in [9.17, 15) is 4.79 Å². The molecule has 1 aromatic heterocycles. The van der Waals surface area contributed by atoms with Crippen LogP contribution in [0.4, 0.5) is 0 Å². The van der Waals surface area contributed by atoms with Gasteiger partial charge in [-0.1, -0.05) is 0 Å². The van der Waals surface area contributed by atoms with E-state index in [4.69, 9.17) is 0 Å². The van der Waals surface area contributed by atoms with E-state index in [1.807, 2.05) is 13.8 Å². The number of rotatable bonds is 3. The second-order valence-electron chi connectivity index (χ2n) is 4.67. The van der Waals surface area contributed by atoms with E-state index >= 15 is 0 Å². The number of piperidine rings is 1. The summed E-state index contributed by atoms with van der Waals surface area (Å²) >= 11 is 0. The minimum absolute atomic E-state index is 0.122. The summed E-state index contributed by atoms with van der Waals surface area (Å²) in [5.41, 5.74) is 3.09. The van der Waals surface area contributed by atoms with Gasteiger partial charge in [-0.2, -0.15) is 5.10 Å². The molecule has 0 saturated carbocycles. The fraction of sp³-hybridized carbons (Fsp3) is 0.667. The number of amides is 1. The van der Waals surface area contributed by atoms with Gasteiger partial charge in [0.05, 0.1) is 11.6 Å². The van der Waals surface area contributed by atoms with Gasteiger partial charge in [0, 0.05) is 24.3 Å². The van der Waals surface area contributed by atoms with E-state index in [2.05, 4.69) is 20.8 Å². The summed E-state index contributed by atoms with van der Waals surface area (Å²) in [6, 6.07) is 0. The molecule has 1 amide bonds. The molecule has 1 fully saturated rings. The van der Waals surface area contributed by atoms with E-state index in [0.717, 1.165) is 42.9 Å². The highest BCUT2D eigenvalue weighted by atomic mass is 16.1. The quantitative estimate of drug-likeness (QED) is 0.721. The lowest BCUT2D eigenvalue weighted by atomic mass is 9.99. The summed E-state index contributed by atoms with van der Waals surface area (Å²) in [7, 11) is 0. The fourth-order valence-corrected chi connectivity index (χ4v) is 2.23. The third-order valence-electron chi connectivity index (χ3n) is 3.39. The number of carbonyl (C=O) groups excluding carboxylic acids is 1. The molecule has 5 heteroatoms. The molecule has 0 aliphatic carbocycles. The van der Waals surface area contributed by atoms with Gasteiger partial charge < -0.3 is 10.6 Å². The van der Waals surface area contributed by atoms with Crippen molar-refractivity contribution in [2.24, 2.45) is 5.92 Å². The SMILES string of the molecule is Cc1n[nH]c(C)c1CNC(=O)C1CCCNC1. The van der Waals surface area contributed by atoms with Crippen molar-refractivity contribution < 1.29 is 4.79 Å². The van der Waals surface area contributed by atoms with Crippen molar-refractivity contribution in [1.29, 1.82) is 0 Å². The summed E-state index contributed by atoms with van der Waals surface area (Å²) in [5, 5.41) is 13.3. The van der Waals surface area contributed by atoms with E-state index in [1.165, 1.54) is 0 Å². The maximum Gasteiger partial charge on any atom is 0.224 e. The number of aromatic nitrogens is 2. The molecule has 0 bridgehead atoms. The molecule has 2 heterocycles. The van der Waals surface area contributed by atoms with Gasteiger partial charge in [0.25, 0.3) is 0 Å². The van der Waals surface area contributed by atoms with E-state index in [0.29, 0.717) is 6.54 Å². The lowest BCUT2D eigenvalue weighted by Gasteiger charge is -2.21. The van der Waals surface area contributed by atoms with Crippen molar-refractivity contribution in [2.75, 3.05) is 13.1 Å². The molecule has 1 unspecified atom stereocenters. The molecular weight excluding hydrogens is 216 g/mol. The molecule has 1 aromatic rings. The summed E-state index contributed by atoms with van der Waals surface area (Å²) in [4.78, 5) is 11.9. The maximum absolute atomic E-state index is 11.9. The Morgan fingerprint density at radius 3 is 2.94 bits per heavy atom. The van der Waals surface area contributed by atoms with Crippen molar-refractivity contribution in [3.05, 3.63) is 17.0 Å². The van der Waals surface area contributed by atoms with Gasteiger partial charge in [0.15, 0.2) is 0 Å². The number of nitrogens with one attached hydrogen (secondary N) is 3. The van der Waals surface area contributed by atoms with Crippen LogP contribution in [0.5, 0.6) is 0 Å². The first-order chi connectivity index (χ1) is 8.18. The molecule has 0 radical (unpaired) electrons. The maximum atomic E-state index is 11.9. The molecule has 2 rings (SSSR count). The average Bonchev–Trinajstić information content (AvgIpc) is 2.67. The second kappa shape index (κ2) is 5.31. The van der Waals surface area contributed by atoms with Gasteiger partial charge in [0.2, 0.25) is 5.91 Å². The predicted octanol–water partition coefficient (Wildman–Crippen LogP) is 0.642. The van der Waals surface area contributed by atoms with Gasteiger partial charge in [-0.15, -0.1) is 0 Å². The zero-order chi connectivity index (χ0) is 12.3. The Morgan fingerprint density at radius 2 is 2.35 bits per heavy atom. The number of hydrogen-bond donors (Lipinski definition) is 3. The molecule has 1 aliphatic rings. The van der Waals surface area contributed by atoms with Crippen LogP contribution >= 0.6 is 0 Å². The van der Waals surface area contributed by atoms with Crippen LogP contribution < -0.4 is 10.6 Å². The minimum atomic E-state index is 0.122. The van der Waals surface area contributed by atoms with Crippen LogP contribution in [0.15, 0.2) is 0 Å². The first-order valence-corrected chi connectivity index (χ1v) is 6.17. The van der Waals surface area contributed by atoms with Gasteiger partial charge in [-0.05, 0) is 33.2 Å². The highest BCUT2D eigenvalue weighted by Crippen LogP contribution is 2.12. The van der Waals surface area contributed by atoms with E-state index < -0.39 is 0 Å². The summed E-state index contributed by atoms with van der Waals surface area (Å²) in [5.74, 6) is 0.272. The van der Waals surface area contributed by atoms with E-state index in [-0.39, 0.29) is 11.8 Å². The van der Waals surface area contributed by atoms with Gasteiger partial charge in [-0.3, -0.25) is 9.89 Å². The van der Waals surface area contributed by atoms with Crippen molar-refractivity contribution in [1.82, 2.24) is 20.8 Å². The normalized spacial score (nSPS) is 20.2. The topological polar surface area (TPSA) is 69.8 Å². The first kappa shape index (κ1) is 12.1. The van der Waals surface area contributed by atoms with Crippen LogP contribution in [-0.4, -0.2) is 29.2 Å². The molecule has 0 spiro atoms. The molecule has 1 aliphatic heterocycles. The number of aromatic amines is 1. The standard InChI is InChI=1S/C12H20N4O/c1-8-11(9(2)16-15-8)7-14-12(17)10-4-3-5-13-6-10/h10,13H,3-7H2,1-2H3,(H,14,17)(H,15,16). The Balaban J connectivity index is 1.87. The average molecular weight is 236 g/mol. The van der Waals surface area contributed by atoms with Gasteiger partial charge in [0.1, 0.15) is 0 Å². The molecule has 5 nitrogen and oxygen atoms in total. The largest absolute Gasteiger partial charge is 0.352 e. The minimum Gasteiger partial charge on any atom is -0.352 e. The van der Waals surface area contributed by atoms with Crippen LogP contribution in [-0.2, 0) is 11.3 Å². The fourth-order valence-electron chi connectivity index (χ4n) is 2.23. The van der Waals surface area contributed by atoms with Crippen LogP contribution in [0, 0.1) is 19.8 Å². The summed E-state index contributed by atoms with van der Waals surface area (Å²) in [6.07, 6.45) is 2.07. The number of H-pyrrole nitrogens is 1. The van der Waals surface area contributed by atoms with Crippen molar-refractivity contribution in [3.63, 3.8) is 0 Å². The highest BCUT2D eigenvalue weighted by molar-refractivity contribution is 5.79. The smallest absolute Gasteiger partial charge is 0.224 e. The number of nitrogens with zero attached hydrogens (tertiary/aromatic N) is 1. The Labute approximate surface area is 101 Å². The highest BCUT2D eigenvalue weighted by Gasteiger charge is 2.20. The Hall–Kier alpha value is -1.36. The lowest BCUT2D eigenvalue weighted by molar-refractivity contribution is -0.125. The molecule has 1 saturated heterocycles. The molecule has 17 heavy (non-hydrogen) atoms. The van der Waals surface area contributed by atoms with Crippen LogP contribution in [0.1, 0.15) is 29.8 Å². The molecule has 3 N–H and O–H groups in total. The second-order valence-corrected chi connectivity index (χ2v) is 4.67. The summed E-state index contributed by atoms with van der Waals surface area (Å²) < 4.78 is 0. The Kier molecular flexibility index (Phi) is 3.78. The van der Waals surface area contributed by atoms with Crippen LogP contribution in [0.25, 0.3) is 0 Å². The number of carbonyl (C=O) groups is 1. The molecular formula is C12H20N4O. The summed E-state index contributed by atoms with van der Waals surface area (Å²) in [6.45, 7) is 6.33. The molecule has 94 valence electrons. The van der Waals surface area contributed by atoms with Crippen molar-refractivity contribution in [2.45, 2.75) is 33.2 Å². The monoisotopic (exact) mass is 236 g/mol.